The molecule has 0 saturated heterocycles. The molecule has 3 heteroatoms. The highest BCUT2D eigenvalue weighted by Crippen LogP contribution is 2.29. The van der Waals surface area contributed by atoms with Crippen molar-refractivity contribution in [1.82, 2.24) is 5.32 Å². The molecular weight excluding hydrogens is 317 g/mol. The zero-order chi connectivity index (χ0) is 14.7. The van der Waals surface area contributed by atoms with Gasteiger partial charge in [-0.15, -0.1) is 0 Å². The third-order valence-corrected chi connectivity index (χ3v) is 4.22. The van der Waals surface area contributed by atoms with Crippen molar-refractivity contribution in [1.29, 1.82) is 0 Å². The van der Waals surface area contributed by atoms with E-state index in [1.165, 1.54) is 11.6 Å². The van der Waals surface area contributed by atoms with Crippen LogP contribution < -0.4 is 5.32 Å². The smallest absolute Gasteiger partial charge is 0.123 e. The lowest BCUT2D eigenvalue weighted by Crippen LogP contribution is -2.18. The van der Waals surface area contributed by atoms with Crippen molar-refractivity contribution >= 4 is 15.9 Å². The summed E-state index contributed by atoms with van der Waals surface area (Å²) < 4.78 is 14.4. The first-order chi connectivity index (χ1) is 9.52. The Hall–Kier alpha value is -1.19. The molecule has 1 atom stereocenters. The van der Waals surface area contributed by atoms with Crippen LogP contribution in [0, 0.1) is 5.82 Å². The Balaban J connectivity index is 2.39. The Morgan fingerprint density at radius 3 is 2.15 bits per heavy atom. The van der Waals surface area contributed by atoms with Gasteiger partial charge in [-0.1, -0.05) is 54.0 Å². The minimum atomic E-state index is -0.220. The van der Waals surface area contributed by atoms with Gasteiger partial charge in [-0.2, -0.15) is 0 Å². The Morgan fingerprint density at radius 2 is 1.60 bits per heavy atom. The van der Waals surface area contributed by atoms with Gasteiger partial charge >= 0.3 is 0 Å². The highest BCUT2D eigenvalue weighted by molar-refractivity contribution is 9.10. The molecular formula is C17H19BrFN. The van der Waals surface area contributed by atoms with Crippen LogP contribution in [0.1, 0.15) is 42.5 Å². The van der Waals surface area contributed by atoms with Crippen molar-refractivity contribution in [3.8, 4) is 0 Å². The summed E-state index contributed by atoms with van der Waals surface area (Å²) in [6.45, 7) is 4.35. The highest BCUT2D eigenvalue weighted by atomic mass is 79.9. The molecule has 0 aromatic heterocycles. The second-order valence-electron chi connectivity index (χ2n) is 5.21. The maximum Gasteiger partial charge on any atom is 0.123 e. The first-order valence-corrected chi connectivity index (χ1v) is 7.54. The molecule has 0 fully saturated rings. The molecule has 0 bridgehead atoms. The van der Waals surface area contributed by atoms with Crippen LogP contribution in [0.5, 0.6) is 0 Å². The van der Waals surface area contributed by atoms with Gasteiger partial charge < -0.3 is 5.32 Å². The fourth-order valence-corrected chi connectivity index (χ4v) is 2.79. The van der Waals surface area contributed by atoms with Crippen LogP contribution in [0.15, 0.2) is 46.9 Å². The summed E-state index contributed by atoms with van der Waals surface area (Å²) in [7, 11) is 1.89. The summed E-state index contributed by atoms with van der Waals surface area (Å²) in [6.07, 6.45) is 0. The SMILES string of the molecule is CNC(c1ccc(C(C)C)cc1)c1cc(F)ccc1Br. The summed E-state index contributed by atoms with van der Waals surface area (Å²) in [6, 6.07) is 13.2. The van der Waals surface area contributed by atoms with E-state index in [1.807, 2.05) is 7.05 Å². The Morgan fingerprint density at radius 1 is 1.00 bits per heavy atom. The molecule has 1 N–H and O–H groups in total. The van der Waals surface area contributed by atoms with Crippen LogP contribution in [-0.2, 0) is 0 Å². The first kappa shape index (κ1) is 15.2. The lowest BCUT2D eigenvalue weighted by molar-refractivity contribution is 0.615. The number of hydrogen-bond acceptors (Lipinski definition) is 1. The first-order valence-electron chi connectivity index (χ1n) is 6.75. The van der Waals surface area contributed by atoms with Crippen molar-refractivity contribution in [2.75, 3.05) is 7.05 Å². The van der Waals surface area contributed by atoms with E-state index in [2.05, 4.69) is 59.4 Å². The van der Waals surface area contributed by atoms with Crippen molar-refractivity contribution in [3.05, 3.63) is 69.4 Å². The fraction of sp³-hybridized carbons (Fsp3) is 0.294. The molecule has 0 spiro atoms. The zero-order valence-corrected chi connectivity index (χ0v) is 13.5. The van der Waals surface area contributed by atoms with Crippen molar-refractivity contribution in [2.45, 2.75) is 25.8 Å². The average molecular weight is 336 g/mol. The molecule has 0 aliphatic rings. The van der Waals surface area contributed by atoms with Gasteiger partial charge in [0.1, 0.15) is 5.82 Å². The molecule has 1 nitrogen and oxygen atoms in total. The maximum absolute atomic E-state index is 13.5. The van der Waals surface area contributed by atoms with Crippen LogP contribution in [0.4, 0.5) is 4.39 Å². The Labute approximate surface area is 128 Å². The Kier molecular flexibility index (Phi) is 4.95. The van der Waals surface area contributed by atoms with Crippen LogP contribution >= 0.6 is 15.9 Å². The minimum Gasteiger partial charge on any atom is -0.309 e. The summed E-state index contributed by atoms with van der Waals surface area (Å²) in [5, 5.41) is 3.25. The molecule has 106 valence electrons. The van der Waals surface area contributed by atoms with E-state index in [4.69, 9.17) is 0 Å². The van der Waals surface area contributed by atoms with E-state index >= 15 is 0 Å². The van der Waals surface area contributed by atoms with Crippen LogP contribution in [0.2, 0.25) is 0 Å². The minimum absolute atomic E-state index is 0.0266. The predicted octanol–water partition coefficient (Wildman–Crippen LogP) is 5.02. The van der Waals surface area contributed by atoms with Gasteiger partial charge in [0, 0.05) is 4.47 Å². The van der Waals surface area contributed by atoms with Gasteiger partial charge in [0.25, 0.3) is 0 Å². The Bertz CT molecular complexity index is 578. The second-order valence-corrected chi connectivity index (χ2v) is 6.06. The number of halogens is 2. The van der Waals surface area contributed by atoms with Crippen LogP contribution in [0.25, 0.3) is 0 Å². The topological polar surface area (TPSA) is 12.0 Å². The van der Waals surface area contributed by atoms with Gasteiger partial charge in [0.2, 0.25) is 0 Å². The largest absolute Gasteiger partial charge is 0.309 e. The number of rotatable bonds is 4. The van der Waals surface area contributed by atoms with Crippen LogP contribution in [0.3, 0.4) is 0 Å². The third-order valence-electron chi connectivity index (χ3n) is 3.49. The van der Waals surface area contributed by atoms with Crippen molar-refractivity contribution < 1.29 is 4.39 Å². The van der Waals surface area contributed by atoms with Crippen molar-refractivity contribution in [3.63, 3.8) is 0 Å². The normalized spacial score (nSPS) is 12.7. The summed E-state index contributed by atoms with van der Waals surface area (Å²) in [5.41, 5.74) is 3.34. The van der Waals surface area contributed by atoms with E-state index in [1.54, 1.807) is 12.1 Å². The molecule has 0 saturated carbocycles. The lowest BCUT2D eigenvalue weighted by Gasteiger charge is -2.19. The van der Waals surface area contributed by atoms with Gasteiger partial charge in [0.05, 0.1) is 6.04 Å². The zero-order valence-electron chi connectivity index (χ0n) is 12.0. The van der Waals surface area contributed by atoms with E-state index < -0.39 is 0 Å². The van der Waals surface area contributed by atoms with E-state index in [0.29, 0.717) is 5.92 Å². The van der Waals surface area contributed by atoms with Crippen LogP contribution in [-0.4, -0.2) is 7.05 Å². The number of benzene rings is 2. The molecule has 2 rings (SSSR count). The number of nitrogens with one attached hydrogen (secondary N) is 1. The van der Waals surface area contributed by atoms with Gasteiger partial charge in [-0.3, -0.25) is 0 Å². The predicted molar refractivity (Wildman–Crippen MR) is 85.5 cm³/mol. The highest BCUT2D eigenvalue weighted by Gasteiger charge is 2.16. The summed E-state index contributed by atoms with van der Waals surface area (Å²) >= 11 is 3.50. The molecule has 0 amide bonds. The standard InChI is InChI=1S/C17H19BrFN/c1-11(2)12-4-6-13(7-5-12)17(20-3)15-10-14(19)8-9-16(15)18/h4-11,17,20H,1-3H3. The molecule has 20 heavy (non-hydrogen) atoms. The van der Waals surface area contributed by atoms with Gasteiger partial charge in [-0.05, 0) is 47.9 Å². The molecule has 0 heterocycles. The van der Waals surface area contributed by atoms with Crippen molar-refractivity contribution in [2.24, 2.45) is 0 Å². The molecule has 2 aromatic rings. The summed E-state index contributed by atoms with van der Waals surface area (Å²) in [4.78, 5) is 0. The molecule has 2 aromatic carbocycles. The molecule has 0 aliphatic heterocycles. The van der Waals surface area contributed by atoms with E-state index in [-0.39, 0.29) is 11.9 Å². The quantitative estimate of drug-likeness (QED) is 0.827. The van der Waals surface area contributed by atoms with Gasteiger partial charge in [-0.25, -0.2) is 4.39 Å². The average Bonchev–Trinajstić information content (AvgIpc) is 2.44. The monoisotopic (exact) mass is 335 g/mol. The maximum atomic E-state index is 13.5. The third kappa shape index (κ3) is 3.28. The van der Waals surface area contributed by atoms with Gasteiger partial charge in [0.15, 0.2) is 0 Å². The summed E-state index contributed by atoms with van der Waals surface area (Å²) in [5.74, 6) is 0.292. The van der Waals surface area contributed by atoms with E-state index in [9.17, 15) is 4.39 Å². The number of hydrogen-bond donors (Lipinski definition) is 1. The molecule has 0 aliphatic carbocycles. The molecule has 1 unspecified atom stereocenters. The molecule has 0 radical (unpaired) electrons. The fourth-order valence-electron chi connectivity index (χ4n) is 2.31. The lowest BCUT2D eigenvalue weighted by atomic mass is 9.95. The second kappa shape index (κ2) is 6.51. The van der Waals surface area contributed by atoms with E-state index in [0.717, 1.165) is 15.6 Å².